The Labute approximate surface area is 182 Å². The highest BCUT2D eigenvalue weighted by Crippen LogP contribution is 2.30. The van der Waals surface area contributed by atoms with E-state index < -0.39 is 11.7 Å². The molecule has 0 unspecified atom stereocenters. The van der Waals surface area contributed by atoms with Gasteiger partial charge in [-0.1, -0.05) is 0 Å². The Morgan fingerprint density at radius 2 is 1.86 bits per heavy atom. The standard InChI is InChI=1S/C17H20F3N5OS.HI/c18-17(19,20)13-1-3-14(4-2-13)26-11-5-22-15(21)24-7-9-25(10-8-24)16-23-6-12-27-16;/h1-4,6,12H,5,7-11H2,(H2,21,22);1H. The second kappa shape index (κ2) is 10.1. The first-order valence-electron chi connectivity index (χ1n) is 8.43. The summed E-state index contributed by atoms with van der Waals surface area (Å²) < 4.78 is 43.0. The lowest BCUT2D eigenvalue weighted by molar-refractivity contribution is -0.137. The van der Waals surface area contributed by atoms with Gasteiger partial charge in [0.25, 0.3) is 0 Å². The molecule has 2 aromatic rings. The van der Waals surface area contributed by atoms with E-state index in [1.165, 1.54) is 12.1 Å². The van der Waals surface area contributed by atoms with Crippen LogP contribution in [-0.4, -0.2) is 55.2 Å². The molecule has 0 radical (unpaired) electrons. The normalized spacial score (nSPS) is 15.3. The first-order chi connectivity index (χ1) is 12.9. The van der Waals surface area contributed by atoms with Crippen molar-refractivity contribution in [3.63, 3.8) is 0 Å². The first-order valence-corrected chi connectivity index (χ1v) is 9.31. The van der Waals surface area contributed by atoms with E-state index in [4.69, 9.17) is 10.5 Å². The van der Waals surface area contributed by atoms with Gasteiger partial charge in [-0.05, 0) is 24.3 Å². The molecule has 154 valence electrons. The number of guanidine groups is 1. The van der Waals surface area contributed by atoms with Gasteiger partial charge in [-0.15, -0.1) is 35.3 Å². The zero-order chi connectivity index (χ0) is 19.3. The number of nitrogens with two attached hydrogens (primary N) is 1. The maximum atomic E-state index is 12.5. The molecule has 1 saturated heterocycles. The van der Waals surface area contributed by atoms with Crippen molar-refractivity contribution in [3.05, 3.63) is 41.4 Å². The Hall–Kier alpha value is -1.76. The van der Waals surface area contributed by atoms with Crippen LogP contribution in [0, 0.1) is 0 Å². The molecule has 3 rings (SSSR count). The monoisotopic (exact) mass is 527 g/mol. The molecule has 28 heavy (non-hydrogen) atoms. The number of nitrogens with zero attached hydrogens (tertiary/aromatic N) is 4. The quantitative estimate of drug-likeness (QED) is 0.280. The van der Waals surface area contributed by atoms with Gasteiger partial charge in [0.15, 0.2) is 11.1 Å². The lowest BCUT2D eigenvalue weighted by atomic mass is 10.2. The summed E-state index contributed by atoms with van der Waals surface area (Å²) in [5, 5.41) is 2.96. The highest BCUT2D eigenvalue weighted by atomic mass is 127. The van der Waals surface area contributed by atoms with E-state index in [2.05, 4.69) is 14.9 Å². The molecule has 0 amide bonds. The van der Waals surface area contributed by atoms with Crippen LogP contribution in [0.4, 0.5) is 18.3 Å². The molecular weight excluding hydrogens is 506 g/mol. The van der Waals surface area contributed by atoms with Gasteiger partial charge in [0.2, 0.25) is 0 Å². The molecule has 6 nitrogen and oxygen atoms in total. The summed E-state index contributed by atoms with van der Waals surface area (Å²) in [5.74, 6) is 0.818. The molecule has 0 bridgehead atoms. The van der Waals surface area contributed by atoms with E-state index in [-0.39, 0.29) is 30.6 Å². The van der Waals surface area contributed by atoms with Crippen LogP contribution in [0.25, 0.3) is 0 Å². The van der Waals surface area contributed by atoms with Gasteiger partial charge >= 0.3 is 6.18 Å². The zero-order valence-corrected chi connectivity index (χ0v) is 18.1. The van der Waals surface area contributed by atoms with Crippen LogP contribution in [0.5, 0.6) is 5.75 Å². The lowest BCUT2D eigenvalue weighted by Gasteiger charge is -2.35. The second-order valence-electron chi connectivity index (χ2n) is 5.90. The van der Waals surface area contributed by atoms with Crippen molar-refractivity contribution in [3.8, 4) is 5.75 Å². The van der Waals surface area contributed by atoms with Crippen LogP contribution < -0.4 is 15.4 Å². The number of hydrogen-bond acceptors (Lipinski definition) is 5. The molecule has 0 saturated carbocycles. The maximum absolute atomic E-state index is 12.5. The SMILES string of the molecule is I.NC(=NCCOc1ccc(C(F)(F)F)cc1)N1CCN(c2nccs2)CC1. The van der Waals surface area contributed by atoms with Crippen molar-refractivity contribution in [1.82, 2.24) is 9.88 Å². The number of benzene rings is 1. The van der Waals surface area contributed by atoms with Crippen molar-refractivity contribution in [2.24, 2.45) is 10.7 Å². The minimum atomic E-state index is -4.35. The number of halogens is 4. The van der Waals surface area contributed by atoms with Gasteiger partial charge in [-0.3, -0.25) is 0 Å². The molecule has 2 heterocycles. The largest absolute Gasteiger partial charge is 0.492 e. The molecule has 0 spiro atoms. The van der Waals surface area contributed by atoms with Gasteiger partial charge in [0.1, 0.15) is 12.4 Å². The molecule has 0 aliphatic carbocycles. The third-order valence-corrected chi connectivity index (χ3v) is 4.94. The van der Waals surface area contributed by atoms with Gasteiger partial charge in [0.05, 0.1) is 12.1 Å². The van der Waals surface area contributed by atoms with Crippen molar-refractivity contribution in [1.29, 1.82) is 0 Å². The first kappa shape index (κ1) is 22.5. The highest BCUT2D eigenvalue weighted by Gasteiger charge is 2.30. The van der Waals surface area contributed by atoms with Gasteiger partial charge in [-0.25, -0.2) is 9.98 Å². The van der Waals surface area contributed by atoms with Crippen LogP contribution >= 0.6 is 35.3 Å². The van der Waals surface area contributed by atoms with Crippen LogP contribution in [0.1, 0.15) is 5.56 Å². The predicted molar refractivity (Wildman–Crippen MR) is 115 cm³/mol. The Bertz CT molecular complexity index is 747. The van der Waals surface area contributed by atoms with E-state index >= 15 is 0 Å². The van der Waals surface area contributed by atoms with Crippen LogP contribution in [-0.2, 0) is 6.18 Å². The minimum absolute atomic E-state index is 0. The number of alkyl halides is 3. The number of thiazole rings is 1. The number of ether oxygens (including phenoxy) is 1. The number of aliphatic imine (C=N–C) groups is 1. The van der Waals surface area contributed by atoms with Crippen molar-refractivity contribution >= 4 is 46.4 Å². The van der Waals surface area contributed by atoms with E-state index in [0.717, 1.165) is 43.4 Å². The Kier molecular flexibility index (Phi) is 8.16. The smallest absolute Gasteiger partial charge is 0.416 e. The molecule has 11 heteroatoms. The molecule has 1 aromatic heterocycles. The zero-order valence-electron chi connectivity index (χ0n) is 14.9. The fourth-order valence-corrected chi connectivity index (χ4v) is 3.36. The predicted octanol–water partition coefficient (Wildman–Crippen LogP) is 3.30. The van der Waals surface area contributed by atoms with Gasteiger partial charge in [0, 0.05) is 37.8 Å². The van der Waals surface area contributed by atoms with Gasteiger partial charge < -0.3 is 20.3 Å². The van der Waals surface area contributed by atoms with Crippen molar-refractivity contribution in [2.75, 3.05) is 44.2 Å². The minimum Gasteiger partial charge on any atom is -0.492 e. The van der Waals surface area contributed by atoms with Crippen molar-refractivity contribution < 1.29 is 17.9 Å². The van der Waals surface area contributed by atoms with Crippen LogP contribution in [0.3, 0.4) is 0 Å². The Balaban J connectivity index is 0.00000280. The third-order valence-electron chi connectivity index (χ3n) is 4.11. The molecule has 1 aliphatic heterocycles. The number of hydrogen-bond donors (Lipinski definition) is 1. The van der Waals surface area contributed by atoms with E-state index in [1.807, 2.05) is 10.3 Å². The summed E-state index contributed by atoms with van der Waals surface area (Å²) in [6.07, 6.45) is -2.56. The lowest BCUT2D eigenvalue weighted by Crippen LogP contribution is -2.51. The molecule has 1 aliphatic rings. The molecule has 1 fully saturated rings. The van der Waals surface area contributed by atoms with E-state index in [9.17, 15) is 13.2 Å². The maximum Gasteiger partial charge on any atom is 0.416 e. The average Bonchev–Trinajstić information content (AvgIpc) is 3.20. The summed E-state index contributed by atoms with van der Waals surface area (Å²) in [6, 6.07) is 4.59. The number of aromatic nitrogens is 1. The van der Waals surface area contributed by atoms with Crippen molar-refractivity contribution in [2.45, 2.75) is 6.18 Å². The molecule has 0 atom stereocenters. The fraction of sp³-hybridized carbons (Fsp3) is 0.412. The fourth-order valence-electron chi connectivity index (χ4n) is 2.66. The molecule has 1 aromatic carbocycles. The molecular formula is C17H21F3IN5OS. The van der Waals surface area contributed by atoms with E-state index in [0.29, 0.717) is 18.3 Å². The summed E-state index contributed by atoms with van der Waals surface area (Å²) in [4.78, 5) is 12.8. The Morgan fingerprint density at radius 1 is 1.18 bits per heavy atom. The van der Waals surface area contributed by atoms with Crippen LogP contribution in [0.15, 0.2) is 40.8 Å². The highest BCUT2D eigenvalue weighted by molar-refractivity contribution is 14.0. The van der Waals surface area contributed by atoms with Crippen LogP contribution in [0.2, 0.25) is 0 Å². The average molecular weight is 527 g/mol. The third kappa shape index (κ3) is 6.12. The number of rotatable bonds is 5. The van der Waals surface area contributed by atoms with Gasteiger partial charge in [-0.2, -0.15) is 13.2 Å². The van der Waals surface area contributed by atoms with E-state index in [1.54, 1.807) is 17.5 Å². The topological polar surface area (TPSA) is 67.0 Å². The summed E-state index contributed by atoms with van der Waals surface area (Å²) in [5.41, 5.74) is 5.32. The molecule has 2 N–H and O–H groups in total. The second-order valence-corrected chi connectivity index (χ2v) is 6.77. The summed E-state index contributed by atoms with van der Waals surface area (Å²) >= 11 is 1.61. The Morgan fingerprint density at radius 3 is 2.43 bits per heavy atom. The number of anilines is 1. The summed E-state index contributed by atoms with van der Waals surface area (Å²) in [6.45, 7) is 3.74. The summed E-state index contributed by atoms with van der Waals surface area (Å²) in [7, 11) is 0. The number of piperazine rings is 1.